The second kappa shape index (κ2) is 9.34. The third-order valence-corrected chi connectivity index (χ3v) is 6.08. The highest BCUT2D eigenvalue weighted by Gasteiger charge is 2.29. The number of aromatic nitrogens is 3. The Bertz CT molecular complexity index is 1040. The number of rotatable bonds is 7. The van der Waals surface area contributed by atoms with Gasteiger partial charge in [0.2, 0.25) is 5.91 Å². The van der Waals surface area contributed by atoms with Crippen molar-refractivity contribution in [2.75, 3.05) is 27.3 Å². The van der Waals surface area contributed by atoms with E-state index in [1.54, 1.807) is 14.2 Å². The first-order valence-electron chi connectivity index (χ1n) is 10.6. The highest BCUT2D eigenvalue weighted by Crippen LogP contribution is 2.29. The van der Waals surface area contributed by atoms with Gasteiger partial charge in [0.25, 0.3) is 0 Å². The van der Waals surface area contributed by atoms with Crippen molar-refractivity contribution in [3.05, 3.63) is 54.0 Å². The molecule has 1 unspecified atom stereocenters. The molecule has 1 fully saturated rings. The Labute approximate surface area is 182 Å². The van der Waals surface area contributed by atoms with E-state index < -0.39 is 0 Å². The molecule has 1 saturated heterocycles. The van der Waals surface area contributed by atoms with Crippen molar-refractivity contribution in [1.82, 2.24) is 24.8 Å². The van der Waals surface area contributed by atoms with Gasteiger partial charge in [-0.2, -0.15) is 0 Å². The maximum Gasteiger partial charge on any atom is 0.237 e. The van der Waals surface area contributed by atoms with E-state index in [0.717, 1.165) is 43.0 Å². The third-order valence-electron chi connectivity index (χ3n) is 6.08. The number of amides is 1. The van der Waals surface area contributed by atoms with E-state index in [4.69, 9.17) is 9.47 Å². The number of hydrogen-bond acceptors (Lipinski definition) is 6. The van der Waals surface area contributed by atoms with Crippen LogP contribution in [0.1, 0.15) is 37.1 Å². The van der Waals surface area contributed by atoms with Crippen molar-refractivity contribution in [3.63, 3.8) is 0 Å². The van der Waals surface area contributed by atoms with E-state index in [1.165, 1.54) is 0 Å². The summed E-state index contributed by atoms with van der Waals surface area (Å²) in [7, 11) is 3.21. The van der Waals surface area contributed by atoms with Crippen LogP contribution in [-0.4, -0.2) is 58.8 Å². The highest BCUT2D eigenvalue weighted by atomic mass is 16.5. The predicted octanol–water partition coefficient (Wildman–Crippen LogP) is 2.63. The van der Waals surface area contributed by atoms with Crippen LogP contribution in [0.2, 0.25) is 0 Å². The molecule has 3 aromatic rings. The fourth-order valence-electron chi connectivity index (χ4n) is 4.18. The molecule has 1 aliphatic heterocycles. The molecule has 1 atom stereocenters. The molecular formula is C23H29N5O3. The van der Waals surface area contributed by atoms with Crippen LogP contribution >= 0.6 is 0 Å². The summed E-state index contributed by atoms with van der Waals surface area (Å²) < 4.78 is 12.7. The Morgan fingerprint density at radius 2 is 1.90 bits per heavy atom. The number of nitrogens with one attached hydrogen (secondary N) is 1. The molecule has 8 nitrogen and oxygen atoms in total. The summed E-state index contributed by atoms with van der Waals surface area (Å²) in [5, 5.41) is 11.7. The summed E-state index contributed by atoms with van der Waals surface area (Å²) in [6, 6.07) is 11.4. The van der Waals surface area contributed by atoms with Crippen LogP contribution in [-0.2, 0) is 11.3 Å². The molecule has 3 heterocycles. The Morgan fingerprint density at radius 3 is 2.65 bits per heavy atom. The number of likely N-dealkylation sites (tertiary alicyclic amines) is 1. The minimum Gasteiger partial charge on any atom is -0.493 e. The summed E-state index contributed by atoms with van der Waals surface area (Å²) in [6.07, 6.45) is 3.94. The Hall–Kier alpha value is -3.13. The van der Waals surface area contributed by atoms with Gasteiger partial charge in [-0.15, -0.1) is 10.2 Å². The van der Waals surface area contributed by atoms with Gasteiger partial charge in [0.1, 0.15) is 5.82 Å². The number of methoxy groups -OCH3 is 2. The minimum absolute atomic E-state index is 0.0289. The Balaban J connectivity index is 1.31. The molecule has 0 aliphatic carbocycles. The summed E-state index contributed by atoms with van der Waals surface area (Å²) >= 11 is 0. The van der Waals surface area contributed by atoms with Crippen LogP contribution < -0.4 is 14.8 Å². The zero-order valence-corrected chi connectivity index (χ0v) is 18.2. The van der Waals surface area contributed by atoms with Gasteiger partial charge in [0.15, 0.2) is 17.1 Å². The zero-order valence-electron chi connectivity index (χ0n) is 18.2. The lowest BCUT2D eigenvalue weighted by atomic mass is 9.95. The third kappa shape index (κ3) is 4.49. The van der Waals surface area contributed by atoms with Gasteiger partial charge >= 0.3 is 0 Å². The number of ether oxygens (including phenoxy) is 2. The molecule has 0 radical (unpaired) electrons. The molecule has 164 valence electrons. The van der Waals surface area contributed by atoms with Crippen LogP contribution in [0, 0.1) is 0 Å². The molecule has 1 aromatic carbocycles. The largest absolute Gasteiger partial charge is 0.493 e. The maximum absolute atomic E-state index is 12.7. The zero-order chi connectivity index (χ0) is 21.8. The molecule has 0 saturated carbocycles. The fraction of sp³-hybridized carbons (Fsp3) is 0.435. The normalized spacial score (nSPS) is 16.2. The molecule has 2 aromatic heterocycles. The number of carbonyl (C=O) groups excluding carboxylic acids is 1. The van der Waals surface area contributed by atoms with E-state index >= 15 is 0 Å². The first kappa shape index (κ1) is 21.1. The van der Waals surface area contributed by atoms with Crippen LogP contribution in [0.4, 0.5) is 0 Å². The van der Waals surface area contributed by atoms with E-state index in [0.29, 0.717) is 24.0 Å². The number of fused-ring (bicyclic) bond motifs is 1. The molecular weight excluding hydrogens is 394 g/mol. The van der Waals surface area contributed by atoms with E-state index in [9.17, 15) is 4.79 Å². The van der Waals surface area contributed by atoms with E-state index in [-0.39, 0.29) is 11.9 Å². The molecule has 0 spiro atoms. The number of nitrogens with zero attached hydrogens (tertiary/aromatic N) is 4. The lowest BCUT2D eigenvalue weighted by molar-refractivity contribution is -0.126. The van der Waals surface area contributed by atoms with Crippen molar-refractivity contribution in [1.29, 1.82) is 0 Å². The van der Waals surface area contributed by atoms with Crippen molar-refractivity contribution in [3.8, 4) is 11.5 Å². The summed E-state index contributed by atoms with van der Waals surface area (Å²) in [5.41, 5.74) is 1.85. The highest BCUT2D eigenvalue weighted by molar-refractivity contribution is 5.81. The van der Waals surface area contributed by atoms with E-state index in [1.807, 2.05) is 49.5 Å². The first-order valence-corrected chi connectivity index (χ1v) is 10.6. The van der Waals surface area contributed by atoms with Gasteiger partial charge in [-0.3, -0.25) is 14.1 Å². The van der Waals surface area contributed by atoms with Gasteiger partial charge in [-0.05, 0) is 62.7 Å². The van der Waals surface area contributed by atoms with Crippen molar-refractivity contribution in [2.45, 2.75) is 38.3 Å². The first-order chi connectivity index (χ1) is 15.1. The number of pyridine rings is 1. The summed E-state index contributed by atoms with van der Waals surface area (Å²) in [4.78, 5) is 15.0. The number of piperidine rings is 1. The summed E-state index contributed by atoms with van der Waals surface area (Å²) in [5.74, 6) is 2.73. The molecule has 8 heteroatoms. The SMILES string of the molecule is COc1ccc(CNC(=O)C(C)N2CCC(c3nnc4ccccn34)CC2)cc1OC. The van der Waals surface area contributed by atoms with Gasteiger partial charge in [0, 0.05) is 18.7 Å². The smallest absolute Gasteiger partial charge is 0.237 e. The lowest BCUT2D eigenvalue weighted by Crippen LogP contribution is -2.48. The second-order valence-electron chi connectivity index (χ2n) is 7.88. The standard InChI is InChI=1S/C23H29N5O3/c1-16(23(29)24-15-17-7-8-19(30-2)20(14-17)31-3)27-12-9-18(10-13-27)22-26-25-21-6-4-5-11-28(21)22/h4-8,11,14,16,18H,9-10,12-13,15H2,1-3H3,(H,24,29). The van der Waals surface area contributed by atoms with Crippen LogP contribution in [0.25, 0.3) is 5.65 Å². The Kier molecular flexibility index (Phi) is 6.36. The van der Waals surface area contributed by atoms with Gasteiger partial charge in [0.05, 0.1) is 20.3 Å². The van der Waals surface area contributed by atoms with Crippen LogP contribution in [0.3, 0.4) is 0 Å². The molecule has 4 rings (SSSR count). The quantitative estimate of drug-likeness (QED) is 0.629. The predicted molar refractivity (Wildman–Crippen MR) is 117 cm³/mol. The van der Waals surface area contributed by atoms with Crippen LogP contribution in [0.5, 0.6) is 11.5 Å². The topological polar surface area (TPSA) is 81.0 Å². The van der Waals surface area contributed by atoms with Gasteiger partial charge in [-0.1, -0.05) is 12.1 Å². The average molecular weight is 424 g/mol. The lowest BCUT2D eigenvalue weighted by Gasteiger charge is -2.34. The molecule has 1 amide bonds. The number of hydrogen-bond donors (Lipinski definition) is 1. The minimum atomic E-state index is -0.184. The number of benzene rings is 1. The van der Waals surface area contributed by atoms with Crippen molar-refractivity contribution < 1.29 is 14.3 Å². The number of carbonyl (C=O) groups is 1. The maximum atomic E-state index is 12.7. The average Bonchev–Trinajstić information content (AvgIpc) is 3.26. The molecule has 1 N–H and O–H groups in total. The second-order valence-corrected chi connectivity index (χ2v) is 7.88. The van der Waals surface area contributed by atoms with Crippen molar-refractivity contribution in [2.24, 2.45) is 0 Å². The molecule has 1 aliphatic rings. The van der Waals surface area contributed by atoms with Gasteiger partial charge < -0.3 is 14.8 Å². The Morgan fingerprint density at radius 1 is 1.13 bits per heavy atom. The molecule has 31 heavy (non-hydrogen) atoms. The van der Waals surface area contributed by atoms with E-state index in [2.05, 4.69) is 24.8 Å². The van der Waals surface area contributed by atoms with Gasteiger partial charge in [-0.25, -0.2) is 0 Å². The molecule has 0 bridgehead atoms. The monoisotopic (exact) mass is 423 g/mol. The fourth-order valence-corrected chi connectivity index (χ4v) is 4.18. The summed E-state index contributed by atoms with van der Waals surface area (Å²) in [6.45, 7) is 4.14. The van der Waals surface area contributed by atoms with Crippen molar-refractivity contribution >= 4 is 11.6 Å². The van der Waals surface area contributed by atoms with Crippen LogP contribution in [0.15, 0.2) is 42.6 Å².